The Morgan fingerprint density at radius 1 is 1.17 bits per heavy atom. The van der Waals surface area contributed by atoms with Gasteiger partial charge in [0.2, 0.25) is 0 Å². The maximum absolute atomic E-state index is 12.3. The van der Waals surface area contributed by atoms with Gasteiger partial charge in [-0.05, 0) is 31.2 Å². The zero-order valence-electron chi connectivity index (χ0n) is 16.6. The lowest BCUT2D eigenvalue weighted by molar-refractivity contribution is -0.385. The monoisotopic (exact) mass is 413 g/mol. The topological polar surface area (TPSA) is 111 Å². The second-order valence-electron chi connectivity index (χ2n) is 6.83. The minimum absolute atomic E-state index is 0.160. The maximum Gasteiger partial charge on any atom is 0.311 e. The third kappa shape index (κ3) is 5.54. The van der Waals surface area contributed by atoms with Gasteiger partial charge >= 0.3 is 5.97 Å². The van der Waals surface area contributed by atoms with Gasteiger partial charge in [0.25, 0.3) is 11.6 Å². The quantitative estimate of drug-likeness (QED) is 0.422. The first-order valence-corrected chi connectivity index (χ1v) is 9.59. The van der Waals surface area contributed by atoms with Gasteiger partial charge in [0.1, 0.15) is 0 Å². The van der Waals surface area contributed by atoms with E-state index in [1.54, 1.807) is 18.2 Å². The highest BCUT2D eigenvalue weighted by atomic mass is 16.6. The fourth-order valence-electron chi connectivity index (χ4n) is 3.11. The van der Waals surface area contributed by atoms with Gasteiger partial charge in [-0.15, -0.1) is 0 Å². The number of nitrogens with zero attached hydrogens (tertiary/aromatic N) is 2. The number of nitro groups is 1. The number of rotatable bonds is 7. The summed E-state index contributed by atoms with van der Waals surface area (Å²) in [7, 11) is 0. The van der Waals surface area contributed by atoms with Crippen LogP contribution in [0, 0.1) is 10.1 Å². The molecule has 0 spiro atoms. The van der Waals surface area contributed by atoms with Gasteiger partial charge in [-0.25, -0.2) is 0 Å². The van der Waals surface area contributed by atoms with E-state index in [2.05, 4.69) is 10.2 Å². The number of hydrogen-bond acceptors (Lipinski definition) is 7. The molecule has 158 valence electrons. The highest BCUT2D eigenvalue weighted by molar-refractivity contribution is 5.95. The predicted octanol–water partition coefficient (Wildman–Crippen LogP) is 2.54. The van der Waals surface area contributed by atoms with E-state index >= 15 is 0 Å². The zero-order chi connectivity index (χ0) is 21.5. The summed E-state index contributed by atoms with van der Waals surface area (Å²) >= 11 is 0. The highest BCUT2D eigenvalue weighted by Gasteiger charge is 2.21. The van der Waals surface area contributed by atoms with Crippen molar-refractivity contribution in [3.8, 4) is 0 Å². The van der Waals surface area contributed by atoms with E-state index < -0.39 is 22.9 Å². The number of esters is 1. The number of anilines is 2. The first kappa shape index (κ1) is 21.3. The number of nitro benzene ring substituents is 1. The van der Waals surface area contributed by atoms with Gasteiger partial charge < -0.3 is 19.7 Å². The van der Waals surface area contributed by atoms with E-state index in [0.717, 1.165) is 18.8 Å². The van der Waals surface area contributed by atoms with Gasteiger partial charge in [-0.1, -0.05) is 18.2 Å². The third-order valence-corrected chi connectivity index (χ3v) is 4.71. The van der Waals surface area contributed by atoms with Gasteiger partial charge in [0.05, 0.1) is 24.6 Å². The fraction of sp³-hybridized carbons (Fsp3) is 0.333. The van der Waals surface area contributed by atoms with Crippen LogP contribution in [0.2, 0.25) is 0 Å². The van der Waals surface area contributed by atoms with E-state index in [-0.39, 0.29) is 17.7 Å². The molecule has 0 aromatic heterocycles. The van der Waals surface area contributed by atoms with Crippen LogP contribution in [0.15, 0.2) is 48.5 Å². The lowest BCUT2D eigenvalue weighted by Crippen LogP contribution is -2.36. The second kappa shape index (κ2) is 9.84. The molecule has 2 aromatic rings. The Kier molecular flexibility index (Phi) is 6.97. The molecule has 1 aliphatic heterocycles. The van der Waals surface area contributed by atoms with Crippen molar-refractivity contribution in [3.05, 3.63) is 64.2 Å². The van der Waals surface area contributed by atoms with Gasteiger partial charge in [-0.3, -0.25) is 19.7 Å². The van der Waals surface area contributed by atoms with E-state index in [4.69, 9.17) is 9.47 Å². The molecule has 1 N–H and O–H groups in total. The number of nitrogens with one attached hydrogen (secondary N) is 1. The molecule has 30 heavy (non-hydrogen) atoms. The number of ether oxygens (including phenoxy) is 2. The Morgan fingerprint density at radius 3 is 2.50 bits per heavy atom. The number of amides is 1. The molecule has 0 bridgehead atoms. The molecule has 0 radical (unpaired) electrons. The Bertz CT molecular complexity index is 909. The largest absolute Gasteiger partial charge is 0.452 e. The molecule has 9 nitrogen and oxygen atoms in total. The Labute approximate surface area is 173 Å². The van der Waals surface area contributed by atoms with Gasteiger partial charge in [0.15, 0.2) is 6.10 Å². The summed E-state index contributed by atoms with van der Waals surface area (Å²) in [6.45, 7) is 4.46. The number of morpholine rings is 1. The van der Waals surface area contributed by atoms with Crippen molar-refractivity contribution in [2.24, 2.45) is 0 Å². The first-order chi connectivity index (χ1) is 14.4. The molecule has 1 fully saturated rings. The minimum Gasteiger partial charge on any atom is -0.452 e. The summed E-state index contributed by atoms with van der Waals surface area (Å²) in [5, 5.41) is 13.7. The molecule has 1 saturated heterocycles. The predicted molar refractivity (Wildman–Crippen MR) is 110 cm³/mol. The summed E-state index contributed by atoms with van der Waals surface area (Å²) in [4.78, 5) is 37.2. The van der Waals surface area contributed by atoms with Crippen molar-refractivity contribution in [1.82, 2.24) is 0 Å². The van der Waals surface area contributed by atoms with Crippen molar-refractivity contribution in [1.29, 1.82) is 0 Å². The molecule has 3 rings (SSSR count). The molecular weight excluding hydrogens is 390 g/mol. The van der Waals surface area contributed by atoms with E-state index in [0.29, 0.717) is 18.9 Å². The average Bonchev–Trinajstić information content (AvgIpc) is 2.75. The molecule has 1 atom stereocenters. The maximum atomic E-state index is 12.3. The average molecular weight is 413 g/mol. The summed E-state index contributed by atoms with van der Waals surface area (Å²) in [5.74, 6) is -1.19. The van der Waals surface area contributed by atoms with Crippen molar-refractivity contribution in [2.75, 3.05) is 36.5 Å². The number of hydrogen-bond donors (Lipinski definition) is 1. The number of carbonyl (C=O) groups excluding carboxylic acids is 2. The summed E-state index contributed by atoms with van der Waals surface area (Å²) in [5.41, 5.74) is 1.70. The summed E-state index contributed by atoms with van der Waals surface area (Å²) < 4.78 is 10.5. The van der Waals surface area contributed by atoms with Crippen molar-refractivity contribution in [2.45, 2.75) is 19.4 Å². The Hall–Kier alpha value is -3.46. The molecule has 1 aliphatic rings. The molecule has 9 heteroatoms. The van der Waals surface area contributed by atoms with E-state index in [1.807, 2.05) is 12.1 Å². The minimum atomic E-state index is -1.04. The molecule has 2 aromatic carbocycles. The molecule has 0 saturated carbocycles. The van der Waals surface area contributed by atoms with Crippen LogP contribution in [0.3, 0.4) is 0 Å². The van der Waals surface area contributed by atoms with Gasteiger partial charge in [0, 0.05) is 36.1 Å². The van der Waals surface area contributed by atoms with Crippen LogP contribution in [0.5, 0.6) is 0 Å². The van der Waals surface area contributed by atoms with Crippen LogP contribution in [0.4, 0.5) is 17.1 Å². The molecular formula is C21H23N3O6. The van der Waals surface area contributed by atoms with Crippen LogP contribution < -0.4 is 10.2 Å². The van der Waals surface area contributed by atoms with Gasteiger partial charge in [-0.2, -0.15) is 0 Å². The third-order valence-electron chi connectivity index (χ3n) is 4.71. The van der Waals surface area contributed by atoms with Crippen LogP contribution in [-0.2, 0) is 25.5 Å². The Morgan fingerprint density at radius 2 is 1.83 bits per heavy atom. The smallest absolute Gasteiger partial charge is 0.311 e. The number of para-hydroxylation sites is 1. The van der Waals surface area contributed by atoms with Crippen LogP contribution in [0.1, 0.15) is 12.5 Å². The standard InChI is InChI=1S/C21H23N3O6/c1-15(30-20(25)14-16-4-2-3-5-19(16)24(27)28)21(26)22-17-6-8-18(9-7-17)23-10-12-29-13-11-23/h2-9,15H,10-14H2,1H3,(H,22,26)/t15-/m0/s1. The van der Waals surface area contributed by atoms with Crippen LogP contribution >= 0.6 is 0 Å². The number of benzene rings is 2. The summed E-state index contributed by atoms with van der Waals surface area (Å²) in [6.07, 6.45) is -1.33. The SMILES string of the molecule is C[C@H](OC(=O)Cc1ccccc1[N+](=O)[O-])C(=O)Nc1ccc(N2CCOCC2)cc1. The van der Waals surface area contributed by atoms with Crippen molar-refractivity contribution in [3.63, 3.8) is 0 Å². The Balaban J connectivity index is 1.53. The normalized spacial score (nSPS) is 14.6. The molecule has 0 aliphatic carbocycles. The second-order valence-corrected chi connectivity index (χ2v) is 6.83. The molecule has 1 amide bonds. The highest BCUT2D eigenvalue weighted by Crippen LogP contribution is 2.20. The lowest BCUT2D eigenvalue weighted by Gasteiger charge is -2.28. The fourth-order valence-corrected chi connectivity index (χ4v) is 3.11. The van der Waals surface area contributed by atoms with Crippen LogP contribution in [-0.4, -0.2) is 49.2 Å². The van der Waals surface area contributed by atoms with E-state index in [1.165, 1.54) is 25.1 Å². The summed E-state index contributed by atoms with van der Waals surface area (Å²) in [6, 6.07) is 13.3. The zero-order valence-corrected chi connectivity index (χ0v) is 16.6. The molecule has 0 unspecified atom stereocenters. The van der Waals surface area contributed by atoms with Crippen molar-refractivity contribution < 1.29 is 24.0 Å². The lowest BCUT2D eigenvalue weighted by atomic mass is 10.1. The van der Waals surface area contributed by atoms with Crippen LogP contribution in [0.25, 0.3) is 0 Å². The van der Waals surface area contributed by atoms with Crippen molar-refractivity contribution >= 4 is 28.9 Å². The first-order valence-electron chi connectivity index (χ1n) is 9.59. The van der Waals surface area contributed by atoms with E-state index in [9.17, 15) is 19.7 Å². The number of carbonyl (C=O) groups is 2. The molecule has 1 heterocycles.